The Bertz CT molecular complexity index is 504. The zero-order chi connectivity index (χ0) is 12.5. The first-order chi connectivity index (χ1) is 8.04. The summed E-state index contributed by atoms with van der Waals surface area (Å²) < 4.78 is 5.29. The van der Waals surface area contributed by atoms with Crippen LogP contribution in [-0.2, 0) is 0 Å². The summed E-state index contributed by atoms with van der Waals surface area (Å²) in [5.41, 5.74) is 14.6. The van der Waals surface area contributed by atoms with Gasteiger partial charge in [0.05, 0.1) is 0 Å². The molecule has 4 N–H and O–H groups in total. The number of fused-ring (bicyclic) bond motifs is 1. The van der Waals surface area contributed by atoms with E-state index in [9.17, 15) is 0 Å². The van der Waals surface area contributed by atoms with E-state index in [0.29, 0.717) is 6.54 Å². The van der Waals surface area contributed by atoms with Crippen molar-refractivity contribution in [3.63, 3.8) is 0 Å². The monoisotopic (exact) mass is 233 g/mol. The van der Waals surface area contributed by atoms with Gasteiger partial charge in [-0.15, -0.1) is 0 Å². The van der Waals surface area contributed by atoms with E-state index in [1.54, 1.807) is 0 Å². The number of nitrogens with two attached hydrogens (primary N) is 2. The van der Waals surface area contributed by atoms with Crippen LogP contribution in [0.25, 0.3) is 11.1 Å². The van der Waals surface area contributed by atoms with E-state index in [4.69, 9.17) is 15.9 Å². The molecule has 1 atom stereocenters. The molecule has 4 heteroatoms. The fourth-order valence-corrected chi connectivity index (χ4v) is 2.04. The molecule has 4 nitrogen and oxygen atoms in total. The molecule has 0 radical (unpaired) electrons. The quantitative estimate of drug-likeness (QED) is 0.848. The summed E-state index contributed by atoms with van der Waals surface area (Å²) >= 11 is 0. The second kappa shape index (κ2) is 4.47. The second-order valence-electron chi connectivity index (χ2n) is 5.08. The lowest BCUT2D eigenvalue weighted by Gasteiger charge is -2.31. The van der Waals surface area contributed by atoms with E-state index in [1.165, 1.54) is 6.39 Å². The van der Waals surface area contributed by atoms with Crippen molar-refractivity contribution in [2.24, 2.45) is 16.9 Å². The van der Waals surface area contributed by atoms with Gasteiger partial charge in [-0.05, 0) is 36.1 Å². The molecule has 0 aliphatic rings. The largest absolute Gasteiger partial charge is 0.443 e. The van der Waals surface area contributed by atoms with Gasteiger partial charge in [0.1, 0.15) is 5.52 Å². The number of aromatic nitrogens is 1. The third-order valence-corrected chi connectivity index (χ3v) is 3.35. The lowest BCUT2D eigenvalue weighted by Crippen LogP contribution is -2.31. The topological polar surface area (TPSA) is 78.1 Å². The van der Waals surface area contributed by atoms with E-state index >= 15 is 0 Å². The van der Waals surface area contributed by atoms with Crippen LogP contribution in [0.2, 0.25) is 0 Å². The molecule has 0 aliphatic carbocycles. The minimum Gasteiger partial charge on any atom is -0.443 e. The molecule has 0 saturated carbocycles. The molecule has 2 rings (SSSR count). The fourth-order valence-electron chi connectivity index (χ4n) is 2.04. The molecule has 0 amide bonds. The smallest absolute Gasteiger partial charge is 0.181 e. The highest BCUT2D eigenvalue weighted by Gasteiger charge is 2.27. The molecule has 0 saturated heterocycles. The average Bonchev–Trinajstić information content (AvgIpc) is 2.74. The van der Waals surface area contributed by atoms with Gasteiger partial charge in [-0.25, -0.2) is 4.98 Å². The van der Waals surface area contributed by atoms with E-state index in [-0.39, 0.29) is 11.5 Å². The molecule has 17 heavy (non-hydrogen) atoms. The van der Waals surface area contributed by atoms with Crippen molar-refractivity contribution in [3.8, 4) is 0 Å². The highest BCUT2D eigenvalue weighted by atomic mass is 16.3. The van der Waals surface area contributed by atoms with Crippen LogP contribution in [0.4, 0.5) is 0 Å². The number of nitrogens with zero attached hydrogens (tertiary/aromatic N) is 1. The minimum atomic E-state index is -0.0550. The maximum Gasteiger partial charge on any atom is 0.181 e. The first-order valence-electron chi connectivity index (χ1n) is 5.83. The van der Waals surface area contributed by atoms with Crippen molar-refractivity contribution in [1.29, 1.82) is 0 Å². The first kappa shape index (κ1) is 12.1. The number of hydrogen-bond acceptors (Lipinski definition) is 4. The zero-order valence-corrected chi connectivity index (χ0v) is 10.3. The van der Waals surface area contributed by atoms with E-state index in [1.807, 2.05) is 18.2 Å². The van der Waals surface area contributed by atoms with Gasteiger partial charge in [0.2, 0.25) is 0 Å². The highest BCUT2D eigenvalue weighted by molar-refractivity contribution is 5.72. The summed E-state index contributed by atoms with van der Waals surface area (Å²) in [6.45, 7) is 4.91. The Balaban J connectivity index is 2.32. The average molecular weight is 233 g/mol. The normalized spacial score (nSPS) is 14.1. The Morgan fingerprint density at radius 2 is 2.18 bits per heavy atom. The summed E-state index contributed by atoms with van der Waals surface area (Å²) in [7, 11) is 0. The van der Waals surface area contributed by atoms with Gasteiger partial charge in [0.25, 0.3) is 0 Å². The van der Waals surface area contributed by atoms with Gasteiger partial charge in [0.15, 0.2) is 12.0 Å². The Kier molecular flexibility index (Phi) is 3.17. The lowest BCUT2D eigenvalue weighted by molar-refractivity contribution is 0.271. The molecule has 92 valence electrons. The van der Waals surface area contributed by atoms with Crippen molar-refractivity contribution < 1.29 is 4.42 Å². The zero-order valence-electron chi connectivity index (χ0n) is 10.3. The molecular formula is C13H19N3O. The van der Waals surface area contributed by atoms with Crippen LogP contribution in [0.1, 0.15) is 31.9 Å². The van der Waals surface area contributed by atoms with E-state index < -0.39 is 0 Å². The van der Waals surface area contributed by atoms with Crippen LogP contribution < -0.4 is 11.5 Å². The molecule has 0 spiro atoms. The Morgan fingerprint density at radius 1 is 1.41 bits per heavy atom. The number of rotatable bonds is 4. The fraction of sp³-hybridized carbons (Fsp3) is 0.462. The molecule has 1 aromatic carbocycles. The predicted octanol–water partition coefficient (Wildman–Crippen LogP) is 2.20. The maximum absolute atomic E-state index is 6.30. The molecule has 2 aromatic rings. The van der Waals surface area contributed by atoms with Gasteiger partial charge < -0.3 is 15.9 Å². The van der Waals surface area contributed by atoms with Gasteiger partial charge in [-0.1, -0.05) is 19.9 Å². The summed E-state index contributed by atoms with van der Waals surface area (Å²) in [6.07, 6.45) is 2.34. The van der Waals surface area contributed by atoms with Crippen molar-refractivity contribution in [2.75, 3.05) is 6.54 Å². The van der Waals surface area contributed by atoms with E-state index in [2.05, 4.69) is 18.8 Å². The lowest BCUT2D eigenvalue weighted by atomic mass is 9.78. The molecule has 0 bridgehead atoms. The Labute approximate surface area is 101 Å². The Hall–Kier alpha value is -1.39. The molecule has 0 fully saturated rings. The molecule has 0 aliphatic heterocycles. The standard InChI is InChI=1S/C13H19N3O/c1-13(2,5-6-14)12(15)9-3-4-10-11(7-9)17-8-16-10/h3-4,7-8,12H,5-6,14-15H2,1-2H3. The van der Waals surface area contributed by atoms with Crippen LogP contribution in [0.3, 0.4) is 0 Å². The summed E-state index contributed by atoms with van der Waals surface area (Å²) in [4.78, 5) is 4.09. The summed E-state index contributed by atoms with van der Waals surface area (Å²) in [6, 6.07) is 5.85. The van der Waals surface area contributed by atoms with Crippen LogP contribution in [0.5, 0.6) is 0 Å². The summed E-state index contributed by atoms with van der Waals surface area (Å²) in [5.74, 6) is 0. The predicted molar refractivity (Wildman–Crippen MR) is 68.4 cm³/mol. The maximum atomic E-state index is 6.30. The van der Waals surface area contributed by atoms with Crippen LogP contribution in [0.15, 0.2) is 29.0 Å². The minimum absolute atomic E-state index is 0.0253. The number of benzene rings is 1. The number of hydrogen-bond donors (Lipinski definition) is 2. The Morgan fingerprint density at radius 3 is 2.88 bits per heavy atom. The van der Waals surface area contributed by atoms with Crippen LogP contribution in [0, 0.1) is 5.41 Å². The molecular weight excluding hydrogens is 214 g/mol. The van der Waals surface area contributed by atoms with Crippen LogP contribution in [-0.4, -0.2) is 11.5 Å². The highest BCUT2D eigenvalue weighted by Crippen LogP contribution is 2.34. The third-order valence-electron chi connectivity index (χ3n) is 3.35. The van der Waals surface area contributed by atoms with Crippen LogP contribution >= 0.6 is 0 Å². The molecule has 1 unspecified atom stereocenters. The van der Waals surface area contributed by atoms with Gasteiger partial charge in [-0.3, -0.25) is 0 Å². The first-order valence-corrected chi connectivity index (χ1v) is 5.83. The summed E-state index contributed by atoms with van der Waals surface area (Å²) in [5, 5.41) is 0. The van der Waals surface area contributed by atoms with Crippen molar-refractivity contribution in [2.45, 2.75) is 26.3 Å². The number of oxazole rings is 1. The van der Waals surface area contributed by atoms with E-state index in [0.717, 1.165) is 23.1 Å². The van der Waals surface area contributed by atoms with Crippen molar-refractivity contribution in [1.82, 2.24) is 4.98 Å². The SMILES string of the molecule is CC(C)(CCN)C(N)c1ccc2ncoc2c1. The molecule has 1 aromatic heterocycles. The van der Waals surface area contributed by atoms with Crippen molar-refractivity contribution in [3.05, 3.63) is 30.2 Å². The van der Waals surface area contributed by atoms with Gasteiger partial charge >= 0.3 is 0 Å². The van der Waals surface area contributed by atoms with Gasteiger partial charge in [0, 0.05) is 6.04 Å². The van der Waals surface area contributed by atoms with Crippen molar-refractivity contribution >= 4 is 11.1 Å². The third kappa shape index (κ3) is 2.33. The molecule has 1 heterocycles. The van der Waals surface area contributed by atoms with Gasteiger partial charge in [-0.2, -0.15) is 0 Å². The second-order valence-corrected chi connectivity index (χ2v) is 5.08.